The van der Waals surface area contributed by atoms with Crippen LogP contribution < -0.4 is 5.32 Å². The molecule has 0 aliphatic heterocycles. The first-order chi connectivity index (χ1) is 8.33. The van der Waals surface area contributed by atoms with Crippen LogP contribution in [-0.4, -0.2) is 41.2 Å². The molecular formula is C13H21N3O. The third-order valence-corrected chi connectivity index (χ3v) is 3.44. The molecule has 1 aliphatic carbocycles. The zero-order valence-corrected chi connectivity index (χ0v) is 10.4. The molecule has 0 aromatic carbocycles. The second kappa shape index (κ2) is 5.98. The van der Waals surface area contributed by atoms with E-state index in [4.69, 9.17) is 5.11 Å². The van der Waals surface area contributed by atoms with Gasteiger partial charge in [0.25, 0.3) is 0 Å². The van der Waals surface area contributed by atoms with Crippen molar-refractivity contribution in [3.8, 4) is 0 Å². The molecule has 0 amide bonds. The summed E-state index contributed by atoms with van der Waals surface area (Å²) in [6.07, 6.45) is 5.77. The van der Waals surface area contributed by atoms with Gasteiger partial charge in [0.2, 0.25) is 0 Å². The molecule has 1 aliphatic rings. The molecule has 1 aromatic heterocycles. The van der Waals surface area contributed by atoms with Crippen molar-refractivity contribution in [3.05, 3.63) is 23.9 Å². The van der Waals surface area contributed by atoms with Gasteiger partial charge in [0.1, 0.15) is 5.82 Å². The van der Waals surface area contributed by atoms with Crippen LogP contribution in [0.3, 0.4) is 0 Å². The van der Waals surface area contributed by atoms with E-state index in [-0.39, 0.29) is 6.61 Å². The van der Waals surface area contributed by atoms with E-state index in [9.17, 15) is 0 Å². The fraction of sp³-hybridized carbons (Fsp3) is 0.615. The average molecular weight is 235 g/mol. The Bertz CT molecular complexity index is 335. The molecule has 2 rings (SSSR count). The van der Waals surface area contributed by atoms with E-state index >= 15 is 0 Å². The van der Waals surface area contributed by atoms with Gasteiger partial charge >= 0.3 is 0 Å². The summed E-state index contributed by atoms with van der Waals surface area (Å²) in [4.78, 5) is 6.67. The minimum atomic E-state index is 0.235. The number of aliphatic hydroxyl groups excluding tert-OH is 1. The Kier molecular flexibility index (Phi) is 4.34. The zero-order chi connectivity index (χ0) is 12.1. The van der Waals surface area contributed by atoms with E-state index in [0.29, 0.717) is 6.04 Å². The van der Waals surface area contributed by atoms with Crippen LogP contribution in [0.1, 0.15) is 24.8 Å². The Labute approximate surface area is 103 Å². The maximum Gasteiger partial charge on any atom is 0.125 e. The fourth-order valence-corrected chi connectivity index (χ4v) is 2.17. The molecule has 1 fully saturated rings. The van der Waals surface area contributed by atoms with Gasteiger partial charge in [0.15, 0.2) is 0 Å². The lowest BCUT2D eigenvalue weighted by Gasteiger charge is -2.37. The molecule has 4 heteroatoms. The lowest BCUT2D eigenvalue weighted by molar-refractivity contribution is 0.0945. The lowest BCUT2D eigenvalue weighted by atomic mass is 9.91. The fourth-order valence-electron chi connectivity index (χ4n) is 2.17. The Hall–Kier alpha value is -1.13. The van der Waals surface area contributed by atoms with Crippen molar-refractivity contribution in [1.82, 2.24) is 9.88 Å². The number of anilines is 1. The minimum absolute atomic E-state index is 0.235. The SMILES string of the molecule is CNc1ccc(CN(CCO)C2CCC2)cn1. The number of aliphatic hydroxyl groups is 1. The molecule has 0 saturated heterocycles. The van der Waals surface area contributed by atoms with Crippen molar-refractivity contribution in [2.24, 2.45) is 0 Å². The van der Waals surface area contributed by atoms with Crippen molar-refractivity contribution >= 4 is 5.82 Å². The molecular weight excluding hydrogens is 214 g/mol. The number of hydrogen-bond donors (Lipinski definition) is 2. The lowest BCUT2D eigenvalue weighted by Crippen LogP contribution is -2.41. The highest BCUT2D eigenvalue weighted by Gasteiger charge is 2.24. The van der Waals surface area contributed by atoms with E-state index in [2.05, 4.69) is 21.3 Å². The first kappa shape index (κ1) is 12.3. The molecule has 1 heterocycles. The van der Waals surface area contributed by atoms with Crippen LogP contribution in [0, 0.1) is 0 Å². The van der Waals surface area contributed by atoms with Crippen molar-refractivity contribution < 1.29 is 5.11 Å². The molecule has 17 heavy (non-hydrogen) atoms. The number of rotatable bonds is 6. The molecule has 1 aromatic rings. The molecule has 1 saturated carbocycles. The van der Waals surface area contributed by atoms with E-state index in [1.807, 2.05) is 19.3 Å². The van der Waals surface area contributed by atoms with Gasteiger partial charge < -0.3 is 10.4 Å². The number of nitrogens with one attached hydrogen (secondary N) is 1. The summed E-state index contributed by atoms with van der Waals surface area (Å²) < 4.78 is 0. The first-order valence-corrected chi connectivity index (χ1v) is 6.31. The molecule has 0 bridgehead atoms. The van der Waals surface area contributed by atoms with Gasteiger partial charge in [-0.05, 0) is 24.5 Å². The highest BCUT2D eigenvalue weighted by atomic mass is 16.3. The van der Waals surface area contributed by atoms with Crippen LogP contribution in [0.25, 0.3) is 0 Å². The summed E-state index contributed by atoms with van der Waals surface area (Å²) in [5.74, 6) is 0.895. The molecule has 4 nitrogen and oxygen atoms in total. The maximum absolute atomic E-state index is 9.10. The highest BCUT2D eigenvalue weighted by Crippen LogP contribution is 2.25. The van der Waals surface area contributed by atoms with Gasteiger partial charge in [-0.25, -0.2) is 4.98 Å². The van der Waals surface area contributed by atoms with Gasteiger partial charge in [-0.3, -0.25) is 4.90 Å². The van der Waals surface area contributed by atoms with Crippen molar-refractivity contribution in [3.63, 3.8) is 0 Å². The summed E-state index contributed by atoms with van der Waals surface area (Å²) in [5.41, 5.74) is 1.21. The van der Waals surface area contributed by atoms with Crippen LogP contribution in [0.2, 0.25) is 0 Å². The van der Waals surface area contributed by atoms with Gasteiger partial charge in [-0.1, -0.05) is 12.5 Å². The summed E-state index contributed by atoms with van der Waals surface area (Å²) in [6, 6.07) is 4.75. The molecule has 94 valence electrons. The van der Waals surface area contributed by atoms with Crippen molar-refractivity contribution in [2.75, 3.05) is 25.5 Å². The predicted molar refractivity (Wildman–Crippen MR) is 68.9 cm³/mol. The normalized spacial score (nSPS) is 15.9. The van der Waals surface area contributed by atoms with Crippen molar-refractivity contribution in [1.29, 1.82) is 0 Å². The van der Waals surface area contributed by atoms with Crippen LogP contribution in [0.5, 0.6) is 0 Å². The second-order valence-electron chi connectivity index (χ2n) is 4.58. The van der Waals surface area contributed by atoms with E-state index in [1.165, 1.54) is 24.8 Å². The van der Waals surface area contributed by atoms with Crippen LogP contribution >= 0.6 is 0 Å². The molecule has 0 unspecified atom stereocenters. The molecule has 2 N–H and O–H groups in total. The quantitative estimate of drug-likeness (QED) is 0.784. The Morgan fingerprint density at radius 2 is 2.29 bits per heavy atom. The van der Waals surface area contributed by atoms with E-state index < -0.39 is 0 Å². The van der Waals surface area contributed by atoms with E-state index in [1.54, 1.807) is 0 Å². The maximum atomic E-state index is 9.10. The molecule has 0 radical (unpaired) electrons. The molecule has 0 spiro atoms. The predicted octanol–water partition coefficient (Wildman–Crippen LogP) is 1.47. The summed E-state index contributed by atoms with van der Waals surface area (Å²) in [7, 11) is 1.87. The van der Waals surface area contributed by atoms with Gasteiger partial charge in [0.05, 0.1) is 6.61 Å². The number of nitrogens with zero attached hydrogens (tertiary/aromatic N) is 2. The van der Waals surface area contributed by atoms with Gasteiger partial charge in [0, 0.05) is 32.4 Å². The third-order valence-electron chi connectivity index (χ3n) is 3.44. The monoisotopic (exact) mass is 235 g/mol. The van der Waals surface area contributed by atoms with Crippen LogP contribution in [-0.2, 0) is 6.54 Å². The highest BCUT2D eigenvalue weighted by molar-refractivity contribution is 5.34. The summed E-state index contributed by atoms with van der Waals surface area (Å²) in [6.45, 7) is 1.89. The van der Waals surface area contributed by atoms with E-state index in [0.717, 1.165) is 18.9 Å². The van der Waals surface area contributed by atoms with Gasteiger partial charge in [-0.15, -0.1) is 0 Å². The number of pyridine rings is 1. The largest absolute Gasteiger partial charge is 0.395 e. The standard InChI is InChI=1S/C13H21N3O/c1-14-13-6-5-11(9-15-13)10-16(7-8-17)12-3-2-4-12/h5-6,9,12,17H,2-4,7-8,10H2,1H3,(H,14,15). The Morgan fingerprint density at radius 3 is 2.76 bits per heavy atom. The van der Waals surface area contributed by atoms with Crippen LogP contribution in [0.15, 0.2) is 18.3 Å². The smallest absolute Gasteiger partial charge is 0.125 e. The topological polar surface area (TPSA) is 48.4 Å². The van der Waals surface area contributed by atoms with Crippen LogP contribution in [0.4, 0.5) is 5.82 Å². The molecule has 0 atom stereocenters. The number of aromatic nitrogens is 1. The number of hydrogen-bond acceptors (Lipinski definition) is 4. The third kappa shape index (κ3) is 3.17. The average Bonchev–Trinajstić information content (AvgIpc) is 2.28. The second-order valence-corrected chi connectivity index (χ2v) is 4.58. The Balaban J connectivity index is 1.95. The van der Waals surface area contributed by atoms with Crippen molar-refractivity contribution in [2.45, 2.75) is 31.8 Å². The first-order valence-electron chi connectivity index (χ1n) is 6.31. The van der Waals surface area contributed by atoms with Gasteiger partial charge in [-0.2, -0.15) is 0 Å². The zero-order valence-electron chi connectivity index (χ0n) is 10.4. The minimum Gasteiger partial charge on any atom is -0.395 e. The summed E-state index contributed by atoms with van der Waals surface area (Å²) >= 11 is 0. The summed E-state index contributed by atoms with van der Waals surface area (Å²) in [5, 5.41) is 12.1. The Morgan fingerprint density at radius 1 is 1.47 bits per heavy atom.